The number of hydrogen-bond acceptors (Lipinski definition) is 5. The molecule has 2 aromatic rings. The van der Waals surface area contributed by atoms with Crippen LogP contribution in [0.4, 0.5) is 4.79 Å². The van der Waals surface area contributed by atoms with Gasteiger partial charge in [0.05, 0.1) is 6.10 Å². The number of β-amino-alcohol motifs (C(OH)–C–C–N with tert-alkyl or cyclic N) is 1. The van der Waals surface area contributed by atoms with E-state index in [9.17, 15) is 24.6 Å². The van der Waals surface area contributed by atoms with Crippen LogP contribution in [0.1, 0.15) is 43.2 Å². The molecule has 1 aliphatic carbocycles. The van der Waals surface area contributed by atoms with Gasteiger partial charge in [-0.3, -0.25) is 4.79 Å². The maximum atomic E-state index is 12.6. The molecule has 8 nitrogen and oxygen atoms in total. The maximum Gasteiger partial charge on any atom is 0.407 e. The number of aliphatic hydroxyl groups is 1. The van der Waals surface area contributed by atoms with Crippen LogP contribution in [0.15, 0.2) is 48.5 Å². The van der Waals surface area contributed by atoms with E-state index in [1.165, 1.54) is 16.0 Å². The summed E-state index contributed by atoms with van der Waals surface area (Å²) in [5.74, 6) is -1.80. The van der Waals surface area contributed by atoms with Crippen LogP contribution in [0.2, 0.25) is 0 Å². The molecule has 2 aromatic carbocycles. The molecule has 180 valence electrons. The van der Waals surface area contributed by atoms with Crippen molar-refractivity contribution in [2.45, 2.75) is 44.2 Å². The number of fused-ring (bicyclic) bond motifs is 3. The third-order valence-corrected chi connectivity index (χ3v) is 6.70. The summed E-state index contributed by atoms with van der Waals surface area (Å²) in [4.78, 5) is 37.5. The Labute approximate surface area is 198 Å². The topological polar surface area (TPSA) is 116 Å². The number of carboxylic acids is 1. The Hall–Kier alpha value is -3.39. The van der Waals surface area contributed by atoms with Crippen molar-refractivity contribution in [3.05, 3.63) is 59.7 Å². The molecule has 3 N–H and O–H groups in total. The highest BCUT2D eigenvalue weighted by atomic mass is 16.5. The summed E-state index contributed by atoms with van der Waals surface area (Å²) >= 11 is 0. The second-order valence-corrected chi connectivity index (χ2v) is 9.03. The Morgan fingerprint density at radius 1 is 1.09 bits per heavy atom. The molecule has 0 radical (unpaired) electrons. The van der Waals surface area contributed by atoms with E-state index < -0.39 is 30.1 Å². The summed E-state index contributed by atoms with van der Waals surface area (Å²) in [6, 6.07) is 15.3. The second-order valence-electron chi connectivity index (χ2n) is 9.03. The Morgan fingerprint density at radius 3 is 2.32 bits per heavy atom. The number of likely N-dealkylation sites (tertiary alicyclic amines) is 1. The van der Waals surface area contributed by atoms with Gasteiger partial charge in [-0.1, -0.05) is 55.5 Å². The zero-order chi connectivity index (χ0) is 24.2. The number of nitrogens with zero attached hydrogens (tertiary/aromatic N) is 1. The summed E-state index contributed by atoms with van der Waals surface area (Å²) in [6.07, 6.45) is -0.231. The lowest BCUT2D eigenvalue weighted by Gasteiger charge is -2.24. The fourth-order valence-electron chi connectivity index (χ4n) is 4.95. The SMILES string of the molecule is CC(CCCNC(=O)OCC1c2ccccc2-c2ccccc21)C(=O)N1C[C@H](O)C[C@H]1C(=O)O. The molecule has 34 heavy (non-hydrogen) atoms. The molecular formula is C26H30N2O6. The highest BCUT2D eigenvalue weighted by Crippen LogP contribution is 2.44. The average molecular weight is 467 g/mol. The standard InChI is InChI=1S/C26H30N2O6/c1-16(24(30)28-14-17(29)13-23(28)25(31)32)7-6-12-27-26(33)34-15-22-20-10-4-2-8-18(20)19-9-3-5-11-21(19)22/h2-5,8-11,16-17,22-23,29H,6-7,12-15H2,1H3,(H,27,33)(H,31,32)/t16?,17-,23+/m1/s1. The smallest absolute Gasteiger partial charge is 0.407 e. The lowest BCUT2D eigenvalue weighted by atomic mass is 9.98. The summed E-state index contributed by atoms with van der Waals surface area (Å²) in [7, 11) is 0. The van der Waals surface area contributed by atoms with E-state index in [1.807, 2.05) is 24.3 Å². The molecule has 8 heteroatoms. The van der Waals surface area contributed by atoms with Crippen molar-refractivity contribution in [1.29, 1.82) is 0 Å². The molecule has 0 spiro atoms. The van der Waals surface area contributed by atoms with Crippen LogP contribution in [-0.4, -0.2) is 64.9 Å². The number of aliphatic carboxylic acids is 1. The van der Waals surface area contributed by atoms with Crippen LogP contribution in [0.3, 0.4) is 0 Å². The first kappa shape index (κ1) is 23.8. The predicted octanol–water partition coefficient (Wildman–Crippen LogP) is 2.99. The van der Waals surface area contributed by atoms with Crippen LogP contribution < -0.4 is 5.32 Å². The van der Waals surface area contributed by atoms with E-state index in [4.69, 9.17) is 4.74 Å². The summed E-state index contributed by atoms with van der Waals surface area (Å²) in [5.41, 5.74) is 4.63. The van der Waals surface area contributed by atoms with Crippen molar-refractivity contribution >= 4 is 18.0 Å². The fraction of sp³-hybridized carbons (Fsp3) is 0.423. The van der Waals surface area contributed by atoms with Gasteiger partial charge < -0.3 is 25.2 Å². The number of carbonyl (C=O) groups is 3. The first-order valence-corrected chi connectivity index (χ1v) is 11.7. The van der Waals surface area contributed by atoms with Crippen LogP contribution in [0.5, 0.6) is 0 Å². The van der Waals surface area contributed by atoms with E-state index >= 15 is 0 Å². The lowest BCUT2D eigenvalue weighted by Crippen LogP contribution is -2.43. The van der Waals surface area contributed by atoms with Gasteiger partial charge in [0, 0.05) is 31.3 Å². The number of nitrogens with one attached hydrogen (secondary N) is 1. The number of aliphatic hydroxyl groups excluding tert-OH is 1. The van der Waals surface area contributed by atoms with Crippen molar-refractivity contribution < 1.29 is 29.3 Å². The van der Waals surface area contributed by atoms with Crippen molar-refractivity contribution in [2.75, 3.05) is 19.7 Å². The highest BCUT2D eigenvalue weighted by molar-refractivity contribution is 5.85. The van der Waals surface area contributed by atoms with Crippen LogP contribution >= 0.6 is 0 Å². The predicted molar refractivity (Wildman–Crippen MR) is 125 cm³/mol. The third-order valence-electron chi connectivity index (χ3n) is 6.70. The van der Waals surface area contributed by atoms with Crippen molar-refractivity contribution in [2.24, 2.45) is 5.92 Å². The molecule has 0 saturated carbocycles. The van der Waals surface area contributed by atoms with Gasteiger partial charge in [-0.05, 0) is 35.1 Å². The first-order valence-electron chi connectivity index (χ1n) is 11.7. The number of benzene rings is 2. The molecule has 1 fully saturated rings. The number of amides is 2. The monoisotopic (exact) mass is 466 g/mol. The molecule has 1 unspecified atom stereocenters. The van der Waals surface area contributed by atoms with Crippen molar-refractivity contribution in [3.8, 4) is 11.1 Å². The van der Waals surface area contributed by atoms with Crippen LogP contribution in [0.25, 0.3) is 11.1 Å². The minimum atomic E-state index is -1.10. The molecule has 0 aromatic heterocycles. The maximum absolute atomic E-state index is 12.6. The quantitative estimate of drug-likeness (QED) is 0.515. The van der Waals surface area contributed by atoms with E-state index in [0.29, 0.717) is 19.4 Å². The second kappa shape index (κ2) is 10.3. The molecule has 1 saturated heterocycles. The fourth-order valence-corrected chi connectivity index (χ4v) is 4.95. The van der Waals surface area contributed by atoms with E-state index in [0.717, 1.165) is 11.1 Å². The number of ether oxygens (including phenoxy) is 1. The summed E-state index contributed by atoms with van der Waals surface area (Å²) in [6.45, 7) is 2.36. The number of rotatable bonds is 8. The molecule has 0 bridgehead atoms. The van der Waals surface area contributed by atoms with Gasteiger partial charge >= 0.3 is 12.1 Å². The molecular weight excluding hydrogens is 436 g/mol. The van der Waals surface area contributed by atoms with Gasteiger partial charge in [-0.15, -0.1) is 0 Å². The number of hydrogen-bond donors (Lipinski definition) is 3. The summed E-state index contributed by atoms with van der Waals surface area (Å²) < 4.78 is 5.51. The molecule has 4 rings (SSSR count). The first-order chi connectivity index (χ1) is 16.4. The minimum Gasteiger partial charge on any atom is -0.480 e. The number of carboxylic acid groups (broad SMARTS) is 1. The summed E-state index contributed by atoms with van der Waals surface area (Å²) in [5, 5.41) is 21.8. The zero-order valence-electron chi connectivity index (χ0n) is 19.1. The Bertz CT molecular complexity index is 1030. The van der Waals surface area contributed by atoms with Gasteiger partial charge in [-0.2, -0.15) is 0 Å². The zero-order valence-corrected chi connectivity index (χ0v) is 19.1. The van der Waals surface area contributed by atoms with E-state index in [2.05, 4.69) is 29.6 Å². The molecule has 2 amide bonds. The van der Waals surface area contributed by atoms with Crippen molar-refractivity contribution in [1.82, 2.24) is 10.2 Å². The largest absolute Gasteiger partial charge is 0.480 e. The average Bonchev–Trinajstić information content (AvgIpc) is 3.38. The van der Waals surface area contributed by atoms with E-state index in [1.54, 1.807) is 6.92 Å². The normalized spacial score (nSPS) is 19.9. The molecule has 1 heterocycles. The number of carbonyl (C=O) groups excluding carboxylic acids is 2. The minimum absolute atomic E-state index is 0.00575. The van der Waals surface area contributed by atoms with Gasteiger partial charge in [0.25, 0.3) is 0 Å². The highest BCUT2D eigenvalue weighted by Gasteiger charge is 2.40. The van der Waals surface area contributed by atoms with Crippen molar-refractivity contribution in [3.63, 3.8) is 0 Å². The van der Waals surface area contributed by atoms with E-state index in [-0.39, 0.29) is 31.4 Å². The third kappa shape index (κ3) is 4.92. The molecule has 3 atom stereocenters. The van der Waals surface area contributed by atoms with Gasteiger partial charge in [0.1, 0.15) is 12.6 Å². The van der Waals surface area contributed by atoms with Crippen LogP contribution in [-0.2, 0) is 14.3 Å². The van der Waals surface area contributed by atoms with Gasteiger partial charge in [0.2, 0.25) is 5.91 Å². The Kier molecular flexibility index (Phi) is 7.17. The van der Waals surface area contributed by atoms with Crippen LogP contribution in [0, 0.1) is 5.92 Å². The Balaban J connectivity index is 1.22. The number of alkyl carbamates (subject to hydrolysis) is 1. The molecule has 1 aliphatic heterocycles. The van der Waals surface area contributed by atoms with Gasteiger partial charge in [0.15, 0.2) is 0 Å². The van der Waals surface area contributed by atoms with Gasteiger partial charge in [-0.25, -0.2) is 9.59 Å². The Morgan fingerprint density at radius 2 is 1.71 bits per heavy atom. The molecule has 2 aliphatic rings. The lowest BCUT2D eigenvalue weighted by molar-refractivity contribution is -0.149.